The number of likely N-dealkylation sites (tertiary alicyclic amines) is 2. The molecule has 2 atom stereocenters. The molecule has 3 aliphatic heterocycles. The van der Waals surface area contributed by atoms with Crippen molar-refractivity contribution in [2.24, 2.45) is 0 Å². The first-order chi connectivity index (χ1) is 16.5. The fourth-order valence-corrected chi connectivity index (χ4v) is 4.89. The van der Waals surface area contributed by atoms with Crippen molar-refractivity contribution in [1.82, 2.24) is 15.1 Å². The third-order valence-corrected chi connectivity index (χ3v) is 7.00. The predicted octanol–water partition coefficient (Wildman–Crippen LogP) is 3.65. The van der Waals surface area contributed by atoms with Gasteiger partial charge in [0.1, 0.15) is 12.4 Å². The number of piperidine rings is 1. The van der Waals surface area contributed by atoms with Crippen molar-refractivity contribution in [2.75, 3.05) is 32.8 Å². The zero-order valence-electron chi connectivity index (χ0n) is 19.3. The molecule has 7 nitrogen and oxygen atoms in total. The van der Waals surface area contributed by atoms with Gasteiger partial charge in [-0.1, -0.05) is 30.7 Å². The minimum Gasteiger partial charge on any atom is -0.454 e. The highest BCUT2D eigenvalue weighted by Gasteiger charge is 2.40. The normalized spacial score (nSPS) is 25.2. The van der Waals surface area contributed by atoms with Gasteiger partial charge in [-0.25, -0.2) is 9.18 Å². The maximum Gasteiger partial charge on any atom is 0.320 e. The molecular weight excluding hydrogens is 437 g/mol. The van der Waals surface area contributed by atoms with Crippen LogP contribution in [0.25, 0.3) is 0 Å². The standard InChI is InChI=1S/C26H30FN3O4/c1-2-17-4-3-5-23(21(27)12-17)34-20-8-6-18(7-9-20)19-13-30(14-19)26(32)29-11-10-24-22(15-29)28-25(31)16-33-24/h3,5-9,12,19,22,24H,2,4,10-11,13-16H2,1H3,(H,28,31)/t22-,24?/m1/s1. The number of carbonyl (C=O) groups excluding carboxylic acids is 2. The molecule has 1 aliphatic carbocycles. The average Bonchev–Trinajstić information content (AvgIpc) is 2.99. The minimum atomic E-state index is -0.355. The molecule has 3 saturated heterocycles. The Kier molecular flexibility index (Phi) is 6.41. The van der Waals surface area contributed by atoms with Crippen molar-refractivity contribution >= 4 is 11.9 Å². The van der Waals surface area contributed by atoms with Crippen molar-refractivity contribution in [3.63, 3.8) is 0 Å². The molecule has 34 heavy (non-hydrogen) atoms. The topological polar surface area (TPSA) is 71.1 Å². The highest BCUT2D eigenvalue weighted by molar-refractivity contribution is 5.79. The number of hydrogen-bond acceptors (Lipinski definition) is 4. The zero-order chi connectivity index (χ0) is 23.7. The van der Waals surface area contributed by atoms with Crippen molar-refractivity contribution in [3.8, 4) is 5.75 Å². The molecule has 0 radical (unpaired) electrons. The van der Waals surface area contributed by atoms with E-state index in [1.165, 1.54) is 0 Å². The molecule has 4 aliphatic rings. The monoisotopic (exact) mass is 467 g/mol. The minimum absolute atomic E-state index is 0.00550. The van der Waals surface area contributed by atoms with Gasteiger partial charge in [-0.3, -0.25) is 4.79 Å². The lowest BCUT2D eigenvalue weighted by Crippen LogP contribution is -2.63. The highest BCUT2D eigenvalue weighted by Crippen LogP contribution is 2.31. The largest absolute Gasteiger partial charge is 0.454 e. The van der Waals surface area contributed by atoms with Crippen LogP contribution in [0.1, 0.15) is 37.7 Å². The van der Waals surface area contributed by atoms with Gasteiger partial charge in [-0.2, -0.15) is 0 Å². The SMILES string of the molecule is CCC1=CC(F)=C(Oc2ccc(C3CN(C(=O)N4CCC5OCC(=O)N[C@@H]5C4)C3)cc2)C=CC1. The lowest BCUT2D eigenvalue weighted by atomic mass is 9.91. The van der Waals surface area contributed by atoms with Gasteiger partial charge in [-0.15, -0.1) is 0 Å². The molecule has 180 valence electrons. The molecule has 1 aromatic rings. The van der Waals surface area contributed by atoms with E-state index in [0.717, 1.165) is 30.4 Å². The molecule has 3 fully saturated rings. The number of urea groups is 1. The second-order valence-corrected chi connectivity index (χ2v) is 9.29. The summed E-state index contributed by atoms with van der Waals surface area (Å²) in [6, 6.07) is 7.54. The van der Waals surface area contributed by atoms with E-state index in [4.69, 9.17) is 9.47 Å². The number of nitrogens with zero attached hydrogens (tertiary/aromatic N) is 2. The molecule has 5 rings (SSSR count). The molecule has 0 aromatic heterocycles. The Balaban J connectivity index is 1.14. The first-order valence-electron chi connectivity index (χ1n) is 12.0. The van der Waals surface area contributed by atoms with Crippen LogP contribution in [0.2, 0.25) is 0 Å². The number of amides is 3. The molecule has 1 aromatic carbocycles. The maximum atomic E-state index is 14.4. The Bertz CT molecular complexity index is 1040. The summed E-state index contributed by atoms with van der Waals surface area (Å²) >= 11 is 0. The summed E-state index contributed by atoms with van der Waals surface area (Å²) in [6.45, 7) is 4.54. The van der Waals surface area contributed by atoms with Crippen LogP contribution in [0.5, 0.6) is 5.75 Å². The predicted molar refractivity (Wildman–Crippen MR) is 125 cm³/mol. The molecule has 3 amide bonds. The molecule has 0 spiro atoms. The third kappa shape index (κ3) is 4.73. The second-order valence-electron chi connectivity index (χ2n) is 9.29. The molecule has 8 heteroatoms. The maximum absolute atomic E-state index is 14.4. The third-order valence-electron chi connectivity index (χ3n) is 7.00. The molecule has 0 saturated carbocycles. The van der Waals surface area contributed by atoms with E-state index in [1.54, 1.807) is 12.2 Å². The van der Waals surface area contributed by atoms with Gasteiger partial charge >= 0.3 is 6.03 Å². The van der Waals surface area contributed by atoms with Gasteiger partial charge < -0.3 is 24.6 Å². The number of morpholine rings is 1. The molecule has 3 heterocycles. The molecule has 1 unspecified atom stereocenters. The number of ether oxygens (including phenoxy) is 2. The summed E-state index contributed by atoms with van der Waals surface area (Å²) in [5.74, 6) is 0.588. The summed E-state index contributed by atoms with van der Waals surface area (Å²) in [7, 11) is 0. The summed E-state index contributed by atoms with van der Waals surface area (Å²) in [5.41, 5.74) is 2.16. The van der Waals surface area contributed by atoms with Crippen molar-refractivity contribution in [3.05, 3.63) is 65.2 Å². The van der Waals surface area contributed by atoms with Gasteiger partial charge in [0.25, 0.3) is 0 Å². The number of benzene rings is 1. The van der Waals surface area contributed by atoms with Crippen molar-refractivity contribution < 1.29 is 23.5 Å². The van der Waals surface area contributed by atoms with Crippen molar-refractivity contribution in [1.29, 1.82) is 0 Å². The lowest BCUT2D eigenvalue weighted by Gasteiger charge is -2.46. The second kappa shape index (κ2) is 9.62. The number of halogens is 1. The smallest absolute Gasteiger partial charge is 0.320 e. The number of allylic oxidation sites excluding steroid dienone is 5. The quantitative estimate of drug-likeness (QED) is 0.734. The van der Waals surface area contributed by atoms with Crippen LogP contribution in [0.4, 0.5) is 9.18 Å². The van der Waals surface area contributed by atoms with Gasteiger partial charge in [0.2, 0.25) is 5.91 Å². The van der Waals surface area contributed by atoms with E-state index in [-0.39, 0.29) is 48.2 Å². The lowest BCUT2D eigenvalue weighted by molar-refractivity contribution is -0.139. The van der Waals surface area contributed by atoms with Gasteiger partial charge in [0.05, 0.1) is 12.1 Å². The van der Waals surface area contributed by atoms with Gasteiger partial charge in [-0.05, 0) is 49.1 Å². The van der Waals surface area contributed by atoms with E-state index in [0.29, 0.717) is 31.9 Å². The Hall–Kier alpha value is -3.13. The van der Waals surface area contributed by atoms with Crippen molar-refractivity contribution in [2.45, 2.75) is 44.2 Å². The van der Waals surface area contributed by atoms with E-state index in [9.17, 15) is 14.0 Å². The highest BCUT2D eigenvalue weighted by atomic mass is 19.1. The Morgan fingerprint density at radius 2 is 2.00 bits per heavy atom. The summed E-state index contributed by atoms with van der Waals surface area (Å²) in [5, 5.41) is 2.94. The summed E-state index contributed by atoms with van der Waals surface area (Å²) in [6.07, 6.45) is 7.43. The van der Waals surface area contributed by atoms with Crippen LogP contribution in [0, 0.1) is 0 Å². The number of hydrogen-bond donors (Lipinski definition) is 1. The summed E-state index contributed by atoms with van der Waals surface area (Å²) < 4.78 is 25.8. The fraction of sp³-hybridized carbons (Fsp3) is 0.462. The van der Waals surface area contributed by atoms with Crippen LogP contribution in [-0.2, 0) is 9.53 Å². The number of nitrogens with one attached hydrogen (secondary N) is 1. The first kappa shape index (κ1) is 22.7. The number of fused-ring (bicyclic) bond motifs is 1. The zero-order valence-corrected chi connectivity index (χ0v) is 19.3. The first-order valence-corrected chi connectivity index (χ1v) is 12.0. The van der Waals surface area contributed by atoms with E-state index in [2.05, 4.69) is 5.32 Å². The van der Waals surface area contributed by atoms with Gasteiger partial charge in [0.15, 0.2) is 11.6 Å². The van der Waals surface area contributed by atoms with E-state index < -0.39 is 0 Å². The van der Waals surface area contributed by atoms with E-state index in [1.807, 2.05) is 47.1 Å². The average molecular weight is 468 g/mol. The summed E-state index contributed by atoms with van der Waals surface area (Å²) in [4.78, 5) is 28.2. The Morgan fingerprint density at radius 1 is 1.21 bits per heavy atom. The van der Waals surface area contributed by atoms with Crippen LogP contribution < -0.4 is 10.1 Å². The molecule has 1 N–H and O–H groups in total. The van der Waals surface area contributed by atoms with E-state index >= 15 is 0 Å². The van der Waals surface area contributed by atoms with Crippen LogP contribution in [0.15, 0.2) is 59.7 Å². The Labute approximate surface area is 198 Å². The number of rotatable bonds is 4. The van der Waals surface area contributed by atoms with Crippen LogP contribution >= 0.6 is 0 Å². The fourth-order valence-electron chi connectivity index (χ4n) is 4.89. The van der Waals surface area contributed by atoms with Crippen LogP contribution in [0.3, 0.4) is 0 Å². The number of carbonyl (C=O) groups is 2. The van der Waals surface area contributed by atoms with Crippen LogP contribution in [-0.4, -0.2) is 66.7 Å². The molecule has 0 bridgehead atoms. The molecular formula is C26H30FN3O4. The Morgan fingerprint density at radius 3 is 2.76 bits per heavy atom. The van der Waals surface area contributed by atoms with Gasteiger partial charge in [0, 0.05) is 32.1 Å².